The molecule has 0 atom stereocenters. The van der Waals surface area contributed by atoms with E-state index in [-0.39, 0.29) is 12.0 Å². The average Bonchev–Trinajstić information content (AvgIpc) is 2.65. The van der Waals surface area contributed by atoms with Crippen LogP contribution < -0.4 is 5.32 Å². The highest BCUT2D eigenvalue weighted by Gasteiger charge is 2.34. The van der Waals surface area contributed by atoms with E-state index in [0.717, 1.165) is 26.1 Å². The van der Waals surface area contributed by atoms with Crippen molar-refractivity contribution >= 4 is 0 Å². The summed E-state index contributed by atoms with van der Waals surface area (Å²) in [5.74, 6) is 0. The molecule has 4 heteroatoms. The van der Waals surface area contributed by atoms with Gasteiger partial charge in [0, 0.05) is 13.1 Å². The zero-order valence-corrected chi connectivity index (χ0v) is 11.1. The number of nitrogens with zero attached hydrogens (tertiary/aromatic N) is 1. The van der Waals surface area contributed by atoms with Crippen molar-refractivity contribution in [2.75, 3.05) is 33.2 Å². The largest absolute Gasteiger partial charge is 0.316 e. The summed E-state index contributed by atoms with van der Waals surface area (Å²) in [7, 11) is 1.81. The molecule has 1 aliphatic rings. The van der Waals surface area contributed by atoms with Crippen molar-refractivity contribution < 1.29 is 8.78 Å². The number of hydrogen-bond donors (Lipinski definition) is 1. The van der Waals surface area contributed by atoms with Crippen molar-refractivity contribution in [1.29, 1.82) is 0 Å². The van der Waals surface area contributed by atoms with Crippen molar-refractivity contribution in [3.05, 3.63) is 0 Å². The van der Waals surface area contributed by atoms with Crippen molar-refractivity contribution in [3.63, 3.8) is 0 Å². The Morgan fingerprint density at radius 1 is 1.29 bits per heavy atom. The predicted octanol–water partition coefficient (Wildman–Crippen LogP) is 2.74. The fourth-order valence-corrected chi connectivity index (χ4v) is 2.92. The molecule has 0 aromatic heterocycles. The molecule has 1 aliphatic carbocycles. The van der Waals surface area contributed by atoms with E-state index in [9.17, 15) is 8.78 Å². The Hall–Kier alpha value is -0.220. The van der Waals surface area contributed by atoms with E-state index in [1.54, 1.807) is 4.90 Å². The molecule has 1 saturated carbocycles. The number of rotatable bonds is 8. The van der Waals surface area contributed by atoms with Gasteiger partial charge in [0.1, 0.15) is 0 Å². The number of alkyl halides is 2. The lowest BCUT2D eigenvalue weighted by Gasteiger charge is -2.34. The summed E-state index contributed by atoms with van der Waals surface area (Å²) >= 11 is 0. The summed E-state index contributed by atoms with van der Waals surface area (Å²) in [4.78, 5) is 1.80. The summed E-state index contributed by atoms with van der Waals surface area (Å²) in [6.45, 7) is 4.86. The Morgan fingerprint density at radius 2 is 1.94 bits per heavy atom. The highest BCUT2D eigenvalue weighted by Crippen LogP contribution is 2.38. The minimum atomic E-state index is -2.22. The molecule has 0 saturated heterocycles. The Labute approximate surface area is 104 Å². The van der Waals surface area contributed by atoms with E-state index in [2.05, 4.69) is 12.2 Å². The first-order chi connectivity index (χ1) is 8.08. The number of nitrogens with one attached hydrogen (secondary N) is 1. The van der Waals surface area contributed by atoms with Crippen molar-refractivity contribution in [3.8, 4) is 0 Å². The van der Waals surface area contributed by atoms with Gasteiger partial charge in [0.25, 0.3) is 6.43 Å². The summed E-state index contributed by atoms with van der Waals surface area (Å²) in [6, 6.07) is 0. The highest BCUT2D eigenvalue weighted by atomic mass is 19.3. The van der Waals surface area contributed by atoms with Gasteiger partial charge in [-0.2, -0.15) is 0 Å². The minimum Gasteiger partial charge on any atom is -0.316 e. The maximum absolute atomic E-state index is 12.3. The molecule has 0 heterocycles. The van der Waals surface area contributed by atoms with E-state index in [0.29, 0.717) is 0 Å². The van der Waals surface area contributed by atoms with Gasteiger partial charge >= 0.3 is 0 Å². The van der Waals surface area contributed by atoms with Crippen molar-refractivity contribution in [2.45, 2.75) is 45.5 Å². The third-order valence-corrected chi connectivity index (χ3v) is 3.65. The lowest BCUT2D eigenvalue weighted by Crippen LogP contribution is -2.42. The molecule has 2 nitrogen and oxygen atoms in total. The zero-order chi connectivity index (χ0) is 12.7. The third-order valence-electron chi connectivity index (χ3n) is 3.65. The Balaban J connectivity index is 2.41. The molecule has 0 aromatic rings. The van der Waals surface area contributed by atoms with Crippen LogP contribution in [-0.4, -0.2) is 44.6 Å². The van der Waals surface area contributed by atoms with Gasteiger partial charge in [-0.1, -0.05) is 19.8 Å². The molecule has 0 aliphatic heterocycles. The molecule has 0 radical (unpaired) electrons. The van der Waals surface area contributed by atoms with E-state index in [4.69, 9.17) is 0 Å². The second-order valence-electron chi connectivity index (χ2n) is 5.47. The van der Waals surface area contributed by atoms with Crippen molar-refractivity contribution in [1.82, 2.24) is 10.2 Å². The van der Waals surface area contributed by atoms with E-state index in [1.807, 2.05) is 7.05 Å². The first-order valence-electron chi connectivity index (χ1n) is 6.75. The number of hydrogen-bond acceptors (Lipinski definition) is 2. The molecule has 0 aromatic carbocycles. The van der Waals surface area contributed by atoms with Gasteiger partial charge < -0.3 is 10.2 Å². The molecular formula is C13H26F2N2. The molecule has 1 rings (SSSR count). The summed E-state index contributed by atoms with van der Waals surface area (Å²) in [6.07, 6.45) is 3.76. The van der Waals surface area contributed by atoms with Crippen LogP contribution in [0.15, 0.2) is 0 Å². The second kappa shape index (κ2) is 7.27. The normalized spacial score (nSPS) is 19.4. The average molecular weight is 248 g/mol. The smallest absolute Gasteiger partial charge is 0.251 e. The molecular weight excluding hydrogens is 222 g/mol. The maximum atomic E-state index is 12.3. The molecule has 17 heavy (non-hydrogen) atoms. The van der Waals surface area contributed by atoms with Crippen LogP contribution in [0.3, 0.4) is 0 Å². The van der Waals surface area contributed by atoms with Crippen LogP contribution in [-0.2, 0) is 0 Å². The van der Waals surface area contributed by atoms with Crippen LogP contribution in [0.1, 0.15) is 39.0 Å². The zero-order valence-electron chi connectivity index (χ0n) is 11.1. The highest BCUT2D eigenvalue weighted by molar-refractivity contribution is 4.89. The summed E-state index contributed by atoms with van der Waals surface area (Å²) in [5, 5.41) is 3.46. The molecule has 102 valence electrons. The van der Waals surface area contributed by atoms with Gasteiger partial charge in [-0.15, -0.1) is 0 Å². The third kappa shape index (κ3) is 5.30. The minimum absolute atomic E-state index is 0.102. The standard InChI is InChI=1S/C13H26F2N2/c1-3-8-16-10-13(6-4-5-7-13)11-17(2)9-12(14)15/h12,16H,3-11H2,1-2H3. The quantitative estimate of drug-likeness (QED) is 0.664. The predicted molar refractivity (Wildman–Crippen MR) is 67.6 cm³/mol. The van der Waals surface area contributed by atoms with E-state index >= 15 is 0 Å². The van der Waals surface area contributed by atoms with Crippen LogP contribution in [0.2, 0.25) is 0 Å². The maximum Gasteiger partial charge on any atom is 0.251 e. The molecule has 0 spiro atoms. The van der Waals surface area contributed by atoms with Crippen LogP contribution in [0.4, 0.5) is 8.78 Å². The van der Waals surface area contributed by atoms with Crippen LogP contribution in [0.5, 0.6) is 0 Å². The van der Waals surface area contributed by atoms with Gasteiger partial charge in [0.05, 0.1) is 6.54 Å². The van der Waals surface area contributed by atoms with Crippen LogP contribution in [0.25, 0.3) is 0 Å². The lowest BCUT2D eigenvalue weighted by molar-refractivity contribution is 0.0755. The van der Waals surface area contributed by atoms with Gasteiger partial charge in [-0.25, -0.2) is 8.78 Å². The van der Waals surface area contributed by atoms with Crippen LogP contribution >= 0.6 is 0 Å². The van der Waals surface area contributed by atoms with Gasteiger partial charge in [-0.05, 0) is 38.3 Å². The van der Waals surface area contributed by atoms with Gasteiger partial charge in [-0.3, -0.25) is 0 Å². The molecule has 0 unspecified atom stereocenters. The molecule has 1 fully saturated rings. The van der Waals surface area contributed by atoms with Crippen LogP contribution in [0, 0.1) is 5.41 Å². The summed E-state index contributed by atoms with van der Waals surface area (Å²) in [5.41, 5.74) is 0.235. The molecule has 1 N–H and O–H groups in total. The fourth-order valence-electron chi connectivity index (χ4n) is 2.92. The van der Waals surface area contributed by atoms with Crippen molar-refractivity contribution in [2.24, 2.45) is 5.41 Å². The van der Waals surface area contributed by atoms with E-state index < -0.39 is 6.43 Å². The summed E-state index contributed by atoms with van der Waals surface area (Å²) < 4.78 is 24.7. The molecule has 0 bridgehead atoms. The Bertz CT molecular complexity index is 204. The molecule has 0 amide bonds. The SMILES string of the molecule is CCCNCC1(CN(C)CC(F)F)CCCC1. The Kier molecular flexibility index (Phi) is 6.34. The van der Waals surface area contributed by atoms with Gasteiger partial charge in [0.15, 0.2) is 0 Å². The first kappa shape index (κ1) is 14.8. The topological polar surface area (TPSA) is 15.3 Å². The fraction of sp³-hybridized carbons (Fsp3) is 1.00. The number of halogens is 2. The van der Waals surface area contributed by atoms with Gasteiger partial charge in [0.2, 0.25) is 0 Å². The lowest BCUT2D eigenvalue weighted by atomic mass is 9.85. The second-order valence-corrected chi connectivity index (χ2v) is 5.47. The first-order valence-corrected chi connectivity index (χ1v) is 6.75. The van der Waals surface area contributed by atoms with E-state index in [1.165, 1.54) is 25.7 Å². The monoisotopic (exact) mass is 248 g/mol. The Morgan fingerprint density at radius 3 is 2.47 bits per heavy atom.